The van der Waals surface area contributed by atoms with Crippen LogP contribution in [-0.2, 0) is 0 Å². The summed E-state index contributed by atoms with van der Waals surface area (Å²) >= 11 is 4.89. The zero-order chi connectivity index (χ0) is 13.1. The Morgan fingerprint density at radius 1 is 1.50 bits per heavy atom. The Morgan fingerprint density at radius 3 is 2.89 bits per heavy atom. The molecule has 94 valence electrons. The largest absolute Gasteiger partial charge is 0.444 e. The zero-order valence-electron chi connectivity index (χ0n) is 10.2. The lowest BCUT2D eigenvalue weighted by Crippen LogP contribution is -2.13. The highest BCUT2D eigenvalue weighted by atomic mass is 32.1. The van der Waals surface area contributed by atoms with Crippen molar-refractivity contribution < 1.29 is 4.42 Å². The molecule has 0 aliphatic rings. The third-order valence-corrected chi connectivity index (χ3v) is 2.61. The van der Waals surface area contributed by atoms with Crippen LogP contribution in [0.5, 0.6) is 0 Å². The highest BCUT2D eigenvalue weighted by Gasteiger charge is 2.11. The predicted molar refractivity (Wildman–Crippen MR) is 73.4 cm³/mol. The Hall–Kier alpha value is -1.95. The minimum absolute atomic E-state index is 0.0414. The van der Waals surface area contributed by atoms with Gasteiger partial charge in [0.2, 0.25) is 5.89 Å². The molecule has 0 saturated heterocycles. The Morgan fingerprint density at radius 2 is 2.28 bits per heavy atom. The molecular weight excluding hydrogens is 248 g/mol. The summed E-state index contributed by atoms with van der Waals surface area (Å²) in [6.07, 6.45) is 3.35. The average molecular weight is 262 g/mol. The summed E-state index contributed by atoms with van der Waals surface area (Å²) < 4.78 is 5.46. The molecule has 0 aliphatic heterocycles. The molecule has 1 unspecified atom stereocenters. The number of anilines is 1. The fourth-order valence-electron chi connectivity index (χ4n) is 1.54. The number of rotatable bonds is 4. The van der Waals surface area contributed by atoms with E-state index < -0.39 is 0 Å². The number of oxazole rings is 1. The highest BCUT2D eigenvalue weighted by molar-refractivity contribution is 7.80. The maximum atomic E-state index is 5.54. The number of aryl methyl sites for hydroxylation is 1. The van der Waals surface area contributed by atoms with Crippen molar-refractivity contribution in [1.29, 1.82) is 0 Å². The van der Waals surface area contributed by atoms with Crippen molar-refractivity contribution in [2.45, 2.75) is 19.9 Å². The van der Waals surface area contributed by atoms with Crippen LogP contribution in [0.1, 0.15) is 30.3 Å². The molecule has 0 fully saturated rings. The molecule has 0 saturated carbocycles. The van der Waals surface area contributed by atoms with Gasteiger partial charge in [-0.25, -0.2) is 4.98 Å². The summed E-state index contributed by atoms with van der Waals surface area (Å²) in [5, 5.41) is 3.26. The molecule has 0 aromatic carbocycles. The summed E-state index contributed by atoms with van der Waals surface area (Å²) in [5.41, 5.74) is 7.00. The molecular formula is C12H14N4OS. The first-order chi connectivity index (χ1) is 8.56. The number of thiocarbonyl (C=S) groups is 1. The Bertz CT molecular complexity index is 567. The lowest BCUT2D eigenvalue weighted by Gasteiger charge is -2.12. The van der Waals surface area contributed by atoms with E-state index in [0.29, 0.717) is 11.6 Å². The number of pyridine rings is 1. The van der Waals surface area contributed by atoms with E-state index in [0.717, 1.165) is 11.4 Å². The maximum Gasteiger partial charge on any atom is 0.216 e. The predicted octanol–water partition coefficient (Wildman–Crippen LogP) is 2.19. The fourth-order valence-corrected chi connectivity index (χ4v) is 1.65. The lowest BCUT2D eigenvalue weighted by molar-refractivity contribution is 0.453. The number of nitrogens with one attached hydrogen (secondary N) is 1. The van der Waals surface area contributed by atoms with E-state index in [1.807, 2.05) is 19.9 Å². The van der Waals surface area contributed by atoms with Crippen molar-refractivity contribution in [3.05, 3.63) is 41.9 Å². The van der Waals surface area contributed by atoms with Crippen LogP contribution < -0.4 is 11.1 Å². The van der Waals surface area contributed by atoms with E-state index in [4.69, 9.17) is 22.4 Å². The van der Waals surface area contributed by atoms with Crippen LogP contribution in [0, 0.1) is 6.92 Å². The lowest BCUT2D eigenvalue weighted by atomic mass is 10.2. The van der Waals surface area contributed by atoms with Gasteiger partial charge in [-0.1, -0.05) is 12.2 Å². The Kier molecular flexibility index (Phi) is 3.57. The second-order valence-electron chi connectivity index (χ2n) is 3.97. The topological polar surface area (TPSA) is 77.0 Å². The number of hydrogen-bond donors (Lipinski definition) is 2. The van der Waals surface area contributed by atoms with Crippen molar-refractivity contribution >= 4 is 22.9 Å². The van der Waals surface area contributed by atoms with E-state index in [9.17, 15) is 0 Å². The summed E-state index contributed by atoms with van der Waals surface area (Å²) in [4.78, 5) is 8.53. The van der Waals surface area contributed by atoms with Crippen LogP contribution in [0.2, 0.25) is 0 Å². The Balaban J connectivity index is 2.14. The second kappa shape index (κ2) is 5.14. The van der Waals surface area contributed by atoms with Gasteiger partial charge in [0.1, 0.15) is 16.8 Å². The molecule has 6 heteroatoms. The quantitative estimate of drug-likeness (QED) is 0.822. The molecule has 1 atom stereocenters. The molecule has 3 N–H and O–H groups in total. The van der Waals surface area contributed by atoms with Crippen molar-refractivity contribution in [1.82, 2.24) is 9.97 Å². The fraction of sp³-hybridized carbons (Fsp3) is 0.250. The van der Waals surface area contributed by atoms with E-state index in [-0.39, 0.29) is 11.0 Å². The van der Waals surface area contributed by atoms with Crippen LogP contribution in [0.4, 0.5) is 5.69 Å². The van der Waals surface area contributed by atoms with Crippen LogP contribution in [-0.4, -0.2) is 15.0 Å². The van der Waals surface area contributed by atoms with Gasteiger partial charge in [-0.15, -0.1) is 0 Å². The van der Waals surface area contributed by atoms with E-state index in [2.05, 4.69) is 15.3 Å². The minimum atomic E-state index is -0.0414. The molecule has 2 rings (SSSR count). The van der Waals surface area contributed by atoms with Gasteiger partial charge in [-0.05, 0) is 26.0 Å². The van der Waals surface area contributed by atoms with Gasteiger partial charge in [-0.2, -0.15) is 0 Å². The first-order valence-electron chi connectivity index (χ1n) is 5.51. The summed E-state index contributed by atoms with van der Waals surface area (Å²) in [7, 11) is 0. The van der Waals surface area contributed by atoms with Gasteiger partial charge in [0.15, 0.2) is 0 Å². The molecule has 0 bridgehead atoms. The maximum absolute atomic E-state index is 5.54. The molecule has 2 heterocycles. The van der Waals surface area contributed by atoms with Crippen LogP contribution in [0.25, 0.3) is 0 Å². The third-order valence-electron chi connectivity index (χ3n) is 2.41. The minimum Gasteiger partial charge on any atom is -0.444 e. The summed E-state index contributed by atoms with van der Waals surface area (Å²) in [5.74, 6) is 1.43. The normalized spacial score (nSPS) is 12.1. The standard InChI is InChI=1S/C12H14N4OS/c1-7-6-15-12(17-7)8(2)16-9-3-4-14-10(5-9)11(13)18/h3-6,8H,1-2H3,(H2,13,18)(H,14,16). The van der Waals surface area contributed by atoms with Gasteiger partial charge in [-0.3, -0.25) is 4.98 Å². The van der Waals surface area contributed by atoms with E-state index in [1.54, 1.807) is 18.5 Å². The molecule has 18 heavy (non-hydrogen) atoms. The number of hydrogen-bond acceptors (Lipinski definition) is 5. The molecule has 2 aromatic rings. The Labute approximate surface area is 110 Å². The van der Waals surface area contributed by atoms with Crippen molar-refractivity contribution in [2.75, 3.05) is 5.32 Å². The van der Waals surface area contributed by atoms with E-state index in [1.165, 1.54) is 0 Å². The average Bonchev–Trinajstić information content (AvgIpc) is 2.76. The smallest absolute Gasteiger partial charge is 0.216 e. The van der Waals surface area contributed by atoms with E-state index >= 15 is 0 Å². The molecule has 5 nitrogen and oxygen atoms in total. The third kappa shape index (κ3) is 2.84. The number of aromatic nitrogens is 2. The van der Waals surface area contributed by atoms with Crippen LogP contribution >= 0.6 is 12.2 Å². The van der Waals surface area contributed by atoms with Crippen molar-refractivity contribution in [2.24, 2.45) is 5.73 Å². The molecule has 0 aliphatic carbocycles. The van der Waals surface area contributed by atoms with Crippen molar-refractivity contribution in [3.63, 3.8) is 0 Å². The number of nitrogens with zero attached hydrogens (tertiary/aromatic N) is 2. The monoisotopic (exact) mass is 262 g/mol. The van der Waals surface area contributed by atoms with Crippen LogP contribution in [0.15, 0.2) is 28.9 Å². The summed E-state index contributed by atoms with van der Waals surface area (Å²) in [6.45, 7) is 3.83. The van der Waals surface area contributed by atoms with Crippen molar-refractivity contribution in [3.8, 4) is 0 Å². The van der Waals surface area contributed by atoms with Gasteiger partial charge in [0, 0.05) is 11.9 Å². The molecule has 0 radical (unpaired) electrons. The van der Waals surface area contributed by atoms with Gasteiger partial charge in [0.25, 0.3) is 0 Å². The number of nitrogens with two attached hydrogens (primary N) is 1. The molecule has 0 amide bonds. The molecule has 2 aromatic heterocycles. The molecule has 0 spiro atoms. The SMILES string of the molecule is Cc1cnc(C(C)Nc2ccnc(C(N)=S)c2)o1. The van der Waals surface area contributed by atoms with Crippen LogP contribution in [0.3, 0.4) is 0 Å². The van der Waals surface area contributed by atoms with Gasteiger partial charge >= 0.3 is 0 Å². The second-order valence-corrected chi connectivity index (χ2v) is 4.41. The highest BCUT2D eigenvalue weighted by Crippen LogP contribution is 2.19. The first kappa shape index (κ1) is 12.5. The zero-order valence-corrected chi connectivity index (χ0v) is 11.0. The summed E-state index contributed by atoms with van der Waals surface area (Å²) in [6, 6.07) is 3.60. The first-order valence-corrected chi connectivity index (χ1v) is 5.92. The van der Waals surface area contributed by atoms with Gasteiger partial charge in [0.05, 0.1) is 11.9 Å². The van der Waals surface area contributed by atoms with Gasteiger partial charge < -0.3 is 15.5 Å².